The highest BCUT2D eigenvalue weighted by molar-refractivity contribution is 7.19. The molecule has 0 spiro atoms. The lowest BCUT2D eigenvalue weighted by Gasteiger charge is -2.22. The van der Waals surface area contributed by atoms with Gasteiger partial charge in [0.25, 0.3) is 0 Å². The Bertz CT molecular complexity index is 772. The number of nitrogens with zero attached hydrogens (tertiary/aromatic N) is 2. The second kappa shape index (κ2) is 9.45. The summed E-state index contributed by atoms with van der Waals surface area (Å²) in [7, 11) is 0. The molecule has 3 rings (SSSR count). The van der Waals surface area contributed by atoms with Gasteiger partial charge in [0.05, 0.1) is 16.3 Å². The molecule has 2 aromatic rings. The van der Waals surface area contributed by atoms with Crippen molar-refractivity contribution in [3.8, 4) is 10.6 Å². The minimum atomic E-state index is -0.197. The van der Waals surface area contributed by atoms with Crippen LogP contribution in [0.4, 0.5) is 9.93 Å². The third-order valence-electron chi connectivity index (χ3n) is 4.52. The number of hydrogen-bond donors (Lipinski definition) is 3. The fraction of sp³-hybridized carbons (Fsp3) is 0.474. The summed E-state index contributed by atoms with van der Waals surface area (Å²) in [6, 6.07) is 5.76. The molecule has 3 amide bonds. The highest BCUT2D eigenvalue weighted by atomic mass is 32.1. The van der Waals surface area contributed by atoms with Crippen molar-refractivity contribution in [2.45, 2.75) is 51.5 Å². The van der Waals surface area contributed by atoms with Gasteiger partial charge < -0.3 is 16.0 Å². The van der Waals surface area contributed by atoms with Crippen LogP contribution < -0.4 is 16.0 Å². The lowest BCUT2D eigenvalue weighted by molar-refractivity contribution is -0.116. The van der Waals surface area contributed by atoms with Gasteiger partial charge in [-0.1, -0.05) is 36.7 Å². The summed E-state index contributed by atoms with van der Waals surface area (Å²) >= 11 is 1.40. The van der Waals surface area contributed by atoms with E-state index in [0.717, 1.165) is 29.1 Å². The van der Waals surface area contributed by atoms with E-state index in [0.29, 0.717) is 11.7 Å². The Morgan fingerprint density at radius 1 is 1.22 bits per heavy atom. The van der Waals surface area contributed by atoms with E-state index < -0.39 is 0 Å². The van der Waals surface area contributed by atoms with Gasteiger partial charge >= 0.3 is 6.03 Å². The number of urea groups is 1. The molecule has 1 aliphatic carbocycles. The summed E-state index contributed by atoms with van der Waals surface area (Å²) in [5.74, 6) is -0.172. The summed E-state index contributed by atoms with van der Waals surface area (Å²) < 4.78 is 0. The predicted molar refractivity (Wildman–Crippen MR) is 107 cm³/mol. The SMILES string of the molecule is Cc1nc(NC(=O)CCNC(=O)NC2CCCCC2)sc1-c1ccccn1. The zero-order valence-electron chi connectivity index (χ0n) is 15.5. The van der Waals surface area contributed by atoms with Crippen LogP contribution in [0.25, 0.3) is 10.6 Å². The fourth-order valence-electron chi connectivity index (χ4n) is 3.14. The lowest BCUT2D eigenvalue weighted by Crippen LogP contribution is -2.43. The fourth-order valence-corrected chi connectivity index (χ4v) is 4.10. The van der Waals surface area contributed by atoms with E-state index in [4.69, 9.17) is 0 Å². The maximum absolute atomic E-state index is 12.1. The quantitative estimate of drug-likeness (QED) is 0.707. The van der Waals surface area contributed by atoms with Gasteiger partial charge in [0.1, 0.15) is 0 Å². The van der Waals surface area contributed by atoms with Crippen molar-refractivity contribution in [3.05, 3.63) is 30.1 Å². The third-order valence-corrected chi connectivity index (χ3v) is 5.61. The van der Waals surface area contributed by atoms with Crippen LogP contribution in [0.5, 0.6) is 0 Å². The molecule has 1 aliphatic rings. The van der Waals surface area contributed by atoms with Crippen molar-refractivity contribution in [2.24, 2.45) is 0 Å². The maximum atomic E-state index is 12.1. The van der Waals surface area contributed by atoms with Crippen molar-refractivity contribution in [1.82, 2.24) is 20.6 Å². The molecule has 144 valence electrons. The second-order valence-electron chi connectivity index (χ2n) is 6.68. The van der Waals surface area contributed by atoms with E-state index in [1.54, 1.807) is 6.20 Å². The number of amides is 3. The molecule has 1 fully saturated rings. The van der Waals surface area contributed by atoms with Gasteiger partial charge in [-0.15, -0.1) is 0 Å². The van der Waals surface area contributed by atoms with Gasteiger partial charge in [0.15, 0.2) is 5.13 Å². The van der Waals surface area contributed by atoms with E-state index in [1.807, 2.05) is 25.1 Å². The summed E-state index contributed by atoms with van der Waals surface area (Å²) in [5.41, 5.74) is 1.67. The Morgan fingerprint density at radius 3 is 2.78 bits per heavy atom. The van der Waals surface area contributed by atoms with Crippen LogP contribution >= 0.6 is 11.3 Å². The number of anilines is 1. The topological polar surface area (TPSA) is 96.0 Å². The van der Waals surface area contributed by atoms with Crippen LogP contribution in [0, 0.1) is 6.92 Å². The minimum Gasteiger partial charge on any atom is -0.338 e. The first-order valence-corrected chi connectivity index (χ1v) is 10.2. The number of thiazole rings is 1. The molecule has 1 saturated carbocycles. The molecular weight excluding hydrogens is 362 g/mol. The van der Waals surface area contributed by atoms with Crippen molar-refractivity contribution < 1.29 is 9.59 Å². The van der Waals surface area contributed by atoms with Gasteiger partial charge in [-0.25, -0.2) is 9.78 Å². The Balaban J connectivity index is 1.42. The maximum Gasteiger partial charge on any atom is 0.315 e. The first kappa shape index (κ1) is 19.3. The van der Waals surface area contributed by atoms with Crippen LogP contribution in [0.1, 0.15) is 44.2 Å². The molecule has 7 nitrogen and oxygen atoms in total. The predicted octanol–water partition coefficient (Wildman–Crippen LogP) is 3.47. The Labute approximate surface area is 163 Å². The molecule has 0 aliphatic heterocycles. The second-order valence-corrected chi connectivity index (χ2v) is 7.68. The number of nitrogens with one attached hydrogen (secondary N) is 3. The monoisotopic (exact) mass is 387 g/mol. The van der Waals surface area contributed by atoms with E-state index in [1.165, 1.54) is 30.6 Å². The lowest BCUT2D eigenvalue weighted by atomic mass is 9.96. The van der Waals surface area contributed by atoms with Crippen molar-refractivity contribution in [1.29, 1.82) is 0 Å². The first-order valence-electron chi connectivity index (χ1n) is 9.35. The molecule has 8 heteroatoms. The summed E-state index contributed by atoms with van der Waals surface area (Å²) in [4.78, 5) is 33.7. The van der Waals surface area contributed by atoms with Crippen molar-refractivity contribution >= 4 is 28.4 Å². The van der Waals surface area contributed by atoms with Gasteiger partial charge in [-0.05, 0) is 31.9 Å². The molecule has 0 bridgehead atoms. The molecule has 2 heterocycles. The standard InChI is InChI=1S/C19H25N5O2S/c1-13-17(15-9-5-6-11-20-15)27-19(22-13)24-16(25)10-12-21-18(26)23-14-7-3-2-4-8-14/h5-6,9,11,14H,2-4,7-8,10,12H2,1H3,(H2,21,23,26)(H,22,24,25). The molecule has 2 aromatic heterocycles. The van der Waals surface area contributed by atoms with Crippen LogP contribution in [-0.2, 0) is 4.79 Å². The van der Waals surface area contributed by atoms with Gasteiger partial charge in [-0.3, -0.25) is 9.78 Å². The zero-order chi connectivity index (χ0) is 19.1. The summed E-state index contributed by atoms with van der Waals surface area (Å²) in [6.07, 6.45) is 7.60. The normalized spacial score (nSPS) is 14.6. The largest absolute Gasteiger partial charge is 0.338 e. The molecule has 0 unspecified atom stereocenters. The average molecular weight is 388 g/mol. The molecule has 0 saturated heterocycles. The number of aryl methyl sites for hydroxylation is 1. The van der Waals surface area contributed by atoms with Crippen LogP contribution in [-0.4, -0.2) is 34.5 Å². The van der Waals surface area contributed by atoms with Crippen molar-refractivity contribution in [3.63, 3.8) is 0 Å². The molecule has 3 N–H and O–H groups in total. The van der Waals surface area contributed by atoms with E-state index >= 15 is 0 Å². The van der Waals surface area contributed by atoms with Crippen LogP contribution in [0.15, 0.2) is 24.4 Å². The number of rotatable bonds is 6. The van der Waals surface area contributed by atoms with Crippen LogP contribution in [0.3, 0.4) is 0 Å². The van der Waals surface area contributed by atoms with E-state index in [2.05, 4.69) is 25.9 Å². The molecule has 0 aromatic carbocycles. The zero-order valence-corrected chi connectivity index (χ0v) is 16.3. The van der Waals surface area contributed by atoms with Gasteiger partial charge in [-0.2, -0.15) is 0 Å². The Kier molecular flexibility index (Phi) is 6.75. The van der Waals surface area contributed by atoms with E-state index in [9.17, 15) is 9.59 Å². The summed E-state index contributed by atoms with van der Waals surface area (Å²) in [5, 5.41) is 9.07. The van der Waals surface area contributed by atoms with Crippen molar-refractivity contribution in [2.75, 3.05) is 11.9 Å². The number of pyridine rings is 1. The molecule has 0 radical (unpaired) electrons. The number of aromatic nitrogens is 2. The smallest absolute Gasteiger partial charge is 0.315 e. The van der Waals surface area contributed by atoms with Gasteiger partial charge in [0.2, 0.25) is 5.91 Å². The number of carbonyl (C=O) groups is 2. The summed E-state index contributed by atoms with van der Waals surface area (Å²) in [6.45, 7) is 2.19. The van der Waals surface area contributed by atoms with Crippen LogP contribution in [0.2, 0.25) is 0 Å². The minimum absolute atomic E-state index is 0.172. The first-order chi connectivity index (χ1) is 13.1. The average Bonchev–Trinajstić information content (AvgIpc) is 3.03. The Morgan fingerprint density at radius 2 is 2.04 bits per heavy atom. The molecule has 0 atom stereocenters. The van der Waals surface area contributed by atoms with E-state index in [-0.39, 0.29) is 24.4 Å². The molecular formula is C19H25N5O2S. The number of hydrogen-bond acceptors (Lipinski definition) is 5. The highest BCUT2D eigenvalue weighted by Gasteiger charge is 2.16. The Hall–Kier alpha value is -2.48. The highest BCUT2D eigenvalue weighted by Crippen LogP contribution is 2.31. The third kappa shape index (κ3) is 5.75. The molecule has 27 heavy (non-hydrogen) atoms. The van der Waals surface area contributed by atoms with Gasteiger partial charge in [0, 0.05) is 25.2 Å². The number of carbonyl (C=O) groups excluding carboxylic acids is 2.